The SMILES string of the molecule is CCOc1ccc(C(=O)OCC(=O)NCC(F)(F)F)cc1. The smallest absolute Gasteiger partial charge is 0.405 e. The van der Waals surface area contributed by atoms with Gasteiger partial charge >= 0.3 is 12.1 Å². The number of ether oxygens (including phenoxy) is 2. The van der Waals surface area contributed by atoms with Gasteiger partial charge in [-0.25, -0.2) is 4.79 Å². The number of rotatable bonds is 6. The number of alkyl halides is 3. The number of hydrogen-bond donors (Lipinski definition) is 1. The molecule has 0 aliphatic carbocycles. The van der Waals surface area contributed by atoms with Gasteiger partial charge in [0.2, 0.25) is 0 Å². The van der Waals surface area contributed by atoms with Crippen molar-refractivity contribution in [2.75, 3.05) is 19.8 Å². The van der Waals surface area contributed by atoms with Crippen molar-refractivity contribution in [2.45, 2.75) is 13.1 Å². The maximum absolute atomic E-state index is 11.8. The highest BCUT2D eigenvalue weighted by atomic mass is 19.4. The first-order valence-corrected chi connectivity index (χ1v) is 6.05. The van der Waals surface area contributed by atoms with E-state index >= 15 is 0 Å². The molecule has 0 saturated carbocycles. The highest BCUT2D eigenvalue weighted by Crippen LogP contribution is 2.13. The Morgan fingerprint density at radius 3 is 2.33 bits per heavy atom. The fourth-order valence-corrected chi connectivity index (χ4v) is 1.32. The summed E-state index contributed by atoms with van der Waals surface area (Å²) in [6.45, 7) is 0.0411. The van der Waals surface area contributed by atoms with E-state index in [9.17, 15) is 22.8 Å². The highest BCUT2D eigenvalue weighted by Gasteiger charge is 2.27. The summed E-state index contributed by atoms with van der Waals surface area (Å²) in [7, 11) is 0. The van der Waals surface area contributed by atoms with E-state index in [4.69, 9.17) is 4.74 Å². The van der Waals surface area contributed by atoms with Gasteiger partial charge in [-0.05, 0) is 31.2 Å². The van der Waals surface area contributed by atoms with Crippen LogP contribution in [0.2, 0.25) is 0 Å². The molecular formula is C13H14F3NO4. The van der Waals surface area contributed by atoms with Gasteiger partial charge in [0.25, 0.3) is 5.91 Å². The third kappa shape index (κ3) is 6.64. The summed E-state index contributed by atoms with van der Waals surface area (Å²) in [5.74, 6) is -1.26. The van der Waals surface area contributed by atoms with Gasteiger partial charge in [-0.1, -0.05) is 0 Å². The van der Waals surface area contributed by atoms with Gasteiger partial charge in [0, 0.05) is 0 Å². The lowest BCUT2D eigenvalue weighted by atomic mass is 10.2. The van der Waals surface area contributed by atoms with Crippen molar-refractivity contribution in [1.29, 1.82) is 0 Å². The van der Waals surface area contributed by atoms with E-state index < -0.39 is 31.2 Å². The molecule has 0 radical (unpaired) electrons. The molecule has 5 nitrogen and oxygen atoms in total. The minimum absolute atomic E-state index is 0.169. The Labute approximate surface area is 119 Å². The molecule has 116 valence electrons. The topological polar surface area (TPSA) is 64.6 Å². The minimum Gasteiger partial charge on any atom is -0.494 e. The maximum Gasteiger partial charge on any atom is 0.405 e. The van der Waals surface area contributed by atoms with Crippen LogP contribution in [-0.4, -0.2) is 37.8 Å². The molecule has 1 N–H and O–H groups in total. The molecule has 0 aliphatic heterocycles. The molecule has 0 aromatic heterocycles. The summed E-state index contributed by atoms with van der Waals surface area (Å²) in [5.41, 5.74) is 0.169. The second-order valence-electron chi connectivity index (χ2n) is 3.93. The average Bonchev–Trinajstić information content (AvgIpc) is 2.43. The number of hydrogen-bond acceptors (Lipinski definition) is 4. The predicted octanol–water partition coefficient (Wildman–Crippen LogP) is 1.92. The quantitative estimate of drug-likeness (QED) is 0.816. The Balaban J connectivity index is 2.41. The van der Waals surface area contributed by atoms with Crippen molar-refractivity contribution in [3.8, 4) is 5.75 Å². The summed E-state index contributed by atoms with van der Waals surface area (Å²) in [6, 6.07) is 5.95. The van der Waals surface area contributed by atoms with Crippen LogP contribution < -0.4 is 10.1 Å². The van der Waals surface area contributed by atoms with Gasteiger partial charge in [0.15, 0.2) is 6.61 Å². The first-order valence-electron chi connectivity index (χ1n) is 6.05. The summed E-state index contributed by atoms with van der Waals surface area (Å²) in [5, 5.41) is 1.59. The average molecular weight is 305 g/mol. The second-order valence-corrected chi connectivity index (χ2v) is 3.93. The van der Waals surface area contributed by atoms with Crippen LogP contribution in [0.3, 0.4) is 0 Å². The normalized spacial score (nSPS) is 10.9. The lowest BCUT2D eigenvalue weighted by Crippen LogP contribution is -2.36. The number of halogens is 3. The van der Waals surface area contributed by atoms with Crippen LogP contribution in [0.1, 0.15) is 17.3 Å². The van der Waals surface area contributed by atoms with Crippen LogP contribution >= 0.6 is 0 Å². The van der Waals surface area contributed by atoms with E-state index in [0.29, 0.717) is 12.4 Å². The van der Waals surface area contributed by atoms with Crippen LogP contribution in [0.5, 0.6) is 5.75 Å². The number of carbonyl (C=O) groups excluding carboxylic acids is 2. The molecule has 0 bridgehead atoms. The van der Waals surface area contributed by atoms with Crippen molar-refractivity contribution < 1.29 is 32.2 Å². The Morgan fingerprint density at radius 1 is 1.19 bits per heavy atom. The molecule has 0 spiro atoms. The Bertz CT molecular complexity index is 485. The lowest BCUT2D eigenvalue weighted by Gasteiger charge is -2.09. The fraction of sp³-hybridized carbons (Fsp3) is 0.385. The van der Waals surface area contributed by atoms with Crippen LogP contribution in [0, 0.1) is 0 Å². The van der Waals surface area contributed by atoms with E-state index in [1.807, 2.05) is 6.92 Å². The van der Waals surface area contributed by atoms with E-state index in [1.54, 1.807) is 17.4 Å². The molecule has 1 aromatic carbocycles. The summed E-state index contributed by atoms with van der Waals surface area (Å²) in [6.07, 6.45) is -4.51. The van der Waals surface area contributed by atoms with Crippen LogP contribution in [0.15, 0.2) is 24.3 Å². The molecule has 0 atom stereocenters. The molecule has 0 aliphatic rings. The third-order valence-electron chi connectivity index (χ3n) is 2.22. The van der Waals surface area contributed by atoms with Gasteiger partial charge in [-0.15, -0.1) is 0 Å². The van der Waals surface area contributed by atoms with Gasteiger partial charge in [0.05, 0.1) is 12.2 Å². The van der Waals surface area contributed by atoms with Crippen molar-refractivity contribution in [3.63, 3.8) is 0 Å². The van der Waals surface area contributed by atoms with Crippen LogP contribution in [-0.2, 0) is 9.53 Å². The van der Waals surface area contributed by atoms with Crippen molar-refractivity contribution in [3.05, 3.63) is 29.8 Å². The molecular weight excluding hydrogens is 291 g/mol. The number of esters is 1. The Kier molecular flexibility index (Phi) is 6.01. The van der Waals surface area contributed by atoms with Gasteiger partial charge in [0.1, 0.15) is 12.3 Å². The van der Waals surface area contributed by atoms with Gasteiger partial charge in [-0.2, -0.15) is 13.2 Å². The summed E-state index contributed by atoms with van der Waals surface area (Å²) < 4.78 is 45.3. The zero-order valence-electron chi connectivity index (χ0n) is 11.2. The Hall–Kier alpha value is -2.25. The molecule has 0 fully saturated rings. The van der Waals surface area contributed by atoms with Crippen molar-refractivity contribution in [2.24, 2.45) is 0 Å². The highest BCUT2D eigenvalue weighted by molar-refractivity contribution is 5.91. The zero-order chi connectivity index (χ0) is 15.9. The lowest BCUT2D eigenvalue weighted by molar-refractivity contribution is -0.140. The number of carbonyl (C=O) groups is 2. The van der Waals surface area contributed by atoms with Gasteiger partial charge in [-0.3, -0.25) is 4.79 Å². The summed E-state index contributed by atoms with van der Waals surface area (Å²) >= 11 is 0. The number of nitrogens with one attached hydrogen (secondary N) is 1. The molecule has 0 unspecified atom stereocenters. The van der Waals surface area contributed by atoms with Crippen LogP contribution in [0.4, 0.5) is 13.2 Å². The Morgan fingerprint density at radius 2 is 1.81 bits per heavy atom. The van der Waals surface area contributed by atoms with Crippen LogP contribution in [0.25, 0.3) is 0 Å². The number of benzene rings is 1. The minimum atomic E-state index is -4.51. The largest absolute Gasteiger partial charge is 0.494 e. The first-order chi connectivity index (χ1) is 9.81. The molecule has 1 aromatic rings. The maximum atomic E-state index is 11.8. The van der Waals surface area contributed by atoms with E-state index in [0.717, 1.165) is 0 Å². The van der Waals surface area contributed by atoms with Gasteiger partial charge < -0.3 is 14.8 Å². The van der Waals surface area contributed by atoms with Crippen molar-refractivity contribution in [1.82, 2.24) is 5.32 Å². The van der Waals surface area contributed by atoms with E-state index in [-0.39, 0.29) is 5.56 Å². The first kappa shape index (κ1) is 16.8. The van der Waals surface area contributed by atoms with E-state index in [1.165, 1.54) is 12.1 Å². The molecule has 8 heteroatoms. The number of amides is 1. The van der Waals surface area contributed by atoms with E-state index in [2.05, 4.69) is 4.74 Å². The molecule has 1 amide bonds. The molecule has 0 saturated heterocycles. The summed E-state index contributed by atoms with van der Waals surface area (Å²) in [4.78, 5) is 22.6. The molecule has 0 heterocycles. The monoisotopic (exact) mass is 305 g/mol. The fourth-order valence-electron chi connectivity index (χ4n) is 1.32. The molecule has 1 rings (SSSR count). The predicted molar refractivity (Wildman–Crippen MR) is 67.0 cm³/mol. The third-order valence-corrected chi connectivity index (χ3v) is 2.22. The zero-order valence-corrected chi connectivity index (χ0v) is 11.2. The second kappa shape index (κ2) is 7.51. The standard InChI is InChI=1S/C13H14F3NO4/c1-2-20-10-5-3-9(4-6-10)12(19)21-7-11(18)17-8-13(14,15)16/h3-6H,2,7-8H2,1H3,(H,17,18). The molecule has 21 heavy (non-hydrogen) atoms. The van der Waals surface area contributed by atoms with Crippen molar-refractivity contribution >= 4 is 11.9 Å².